The predicted octanol–water partition coefficient (Wildman–Crippen LogP) is 3.74. The highest BCUT2D eigenvalue weighted by atomic mass is 16.5. The summed E-state index contributed by atoms with van der Waals surface area (Å²) in [4.78, 5) is 26.6. The summed E-state index contributed by atoms with van der Waals surface area (Å²) < 4.78 is 7.15. The van der Waals surface area contributed by atoms with Crippen LogP contribution in [0.2, 0.25) is 0 Å². The summed E-state index contributed by atoms with van der Waals surface area (Å²) in [5.41, 5.74) is 3.71. The zero-order chi connectivity index (χ0) is 25.5. The number of methoxy groups -OCH3 is 1. The van der Waals surface area contributed by atoms with Crippen molar-refractivity contribution >= 4 is 11.6 Å². The lowest BCUT2D eigenvalue weighted by atomic mass is 9.84. The normalized spacial score (nSPS) is 15.4. The van der Waals surface area contributed by atoms with E-state index in [1.165, 1.54) is 11.1 Å². The minimum atomic E-state index is 0.0124. The van der Waals surface area contributed by atoms with Gasteiger partial charge in [-0.05, 0) is 48.4 Å². The Morgan fingerprint density at radius 2 is 1.86 bits per heavy atom. The molecular weight excluding hydrogens is 464 g/mol. The molecule has 1 aliphatic heterocycles. The summed E-state index contributed by atoms with van der Waals surface area (Å²) in [6.07, 6.45) is 11.8. The van der Waals surface area contributed by atoms with Crippen molar-refractivity contribution in [3.8, 4) is 0 Å². The van der Waals surface area contributed by atoms with Crippen molar-refractivity contribution in [3.05, 3.63) is 96.2 Å². The lowest BCUT2D eigenvalue weighted by molar-refractivity contribution is 0.0486. The Bertz CT molecular complexity index is 1270. The first-order chi connectivity index (χ1) is 18.2. The number of hydrogen-bond acceptors (Lipinski definition) is 6. The molecule has 0 N–H and O–H groups in total. The molecular formula is C29H34N6O2. The highest BCUT2D eigenvalue weighted by Crippen LogP contribution is 2.29. The number of amides is 1. The van der Waals surface area contributed by atoms with Crippen molar-refractivity contribution in [1.82, 2.24) is 29.4 Å². The summed E-state index contributed by atoms with van der Waals surface area (Å²) >= 11 is 0. The molecule has 1 saturated heterocycles. The molecule has 8 nitrogen and oxygen atoms in total. The first kappa shape index (κ1) is 25.0. The molecule has 1 aliphatic rings. The van der Waals surface area contributed by atoms with Crippen molar-refractivity contribution in [2.24, 2.45) is 5.92 Å². The average Bonchev–Trinajstić information content (AvgIpc) is 3.39. The molecule has 0 radical (unpaired) electrons. The second-order valence-corrected chi connectivity index (χ2v) is 9.66. The molecule has 192 valence electrons. The van der Waals surface area contributed by atoms with E-state index in [0.29, 0.717) is 29.8 Å². The van der Waals surface area contributed by atoms with Crippen LogP contribution in [0, 0.1) is 5.92 Å². The SMILES string of the molecule is COCCN(Cc1cccnc1)[C@@H](Cc1ccccc1)C1CCN(C(=O)c2cnn3cccnc23)CC1. The van der Waals surface area contributed by atoms with Gasteiger partial charge in [0.2, 0.25) is 0 Å². The molecule has 0 saturated carbocycles. The Labute approximate surface area is 217 Å². The number of hydrogen-bond donors (Lipinski definition) is 0. The van der Waals surface area contributed by atoms with E-state index >= 15 is 0 Å². The first-order valence-corrected chi connectivity index (χ1v) is 13.0. The van der Waals surface area contributed by atoms with Crippen LogP contribution in [0.1, 0.15) is 34.3 Å². The van der Waals surface area contributed by atoms with Gasteiger partial charge in [0.1, 0.15) is 5.56 Å². The third kappa shape index (κ3) is 6.03. The molecule has 37 heavy (non-hydrogen) atoms. The van der Waals surface area contributed by atoms with E-state index < -0.39 is 0 Å². The van der Waals surface area contributed by atoms with Crippen LogP contribution in [0.3, 0.4) is 0 Å². The van der Waals surface area contributed by atoms with E-state index in [-0.39, 0.29) is 5.91 Å². The van der Waals surface area contributed by atoms with Gasteiger partial charge in [-0.25, -0.2) is 9.50 Å². The molecule has 5 rings (SSSR count). The van der Waals surface area contributed by atoms with Crippen molar-refractivity contribution in [2.45, 2.75) is 31.8 Å². The number of likely N-dealkylation sites (tertiary alicyclic amines) is 1. The van der Waals surface area contributed by atoms with Crippen LogP contribution >= 0.6 is 0 Å². The van der Waals surface area contributed by atoms with Crippen LogP contribution in [-0.4, -0.2) is 74.7 Å². The van der Waals surface area contributed by atoms with Gasteiger partial charge in [-0.3, -0.25) is 14.7 Å². The quantitative estimate of drug-likeness (QED) is 0.332. The Balaban J connectivity index is 1.33. The van der Waals surface area contributed by atoms with Crippen molar-refractivity contribution in [3.63, 3.8) is 0 Å². The van der Waals surface area contributed by atoms with E-state index in [1.54, 1.807) is 24.0 Å². The number of pyridine rings is 1. The number of nitrogens with zero attached hydrogens (tertiary/aromatic N) is 6. The van der Waals surface area contributed by atoms with E-state index in [1.807, 2.05) is 35.6 Å². The fourth-order valence-corrected chi connectivity index (χ4v) is 5.38. The maximum atomic E-state index is 13.4. The third-order valence-corrected chi connectivity index (χ3v) is 7.33. The maximum absolute atomic E-state index is 13.4. The number of rotatable bonds is 10. The first-order valence-electron chi connectivity index (χ1n) is 13.0. The van der Waals surface area contributed by atoms with E-state index in [4.69, 9.17) is 4.74 Å². The second-order valence-electron chi connectivity index (χ2n) is 9.66. The molecule has 0 aliphatic carbocycles. The number of fused-ring (bicyclic) bond motifs is 1. The largest absolute Gasteiger partial charge is 0.383 e. The third-order valence-electron chi connectivity index (χ3n) is 7.33. The average molecular weight is 499 g/mol. The van der Waals surface area contributed by atoms with Gasteiger partial charge in [0.15, 0.2) is 5.65 Å². The minimum absolute atomic E-state index is 0.0124. The predicted molar refractivity (Wildman–Crippen MR) is 142 cm³/mol. The maximum Gasteiger partial charge on any atom is 0.259 e. The Kier molecular flexibility index (Phi) is 8.18. The number of piperidine rings is 1. The molecule has 1 amide bonds. The molecule has 4 heterocycles. The van der Waals surface area contributed by atoms with Crippen LogP contribution in [0.5, 0.6) is 0 Å². The number of carbonyl (C=O) groups is 1. The van der Waals surface area contributed by atoms with Crippen LogP contribution in [0.25, 0.3) is 5.65 Å². The topological polar surface area (TPSA) is 75.9 Å². The molecule has 0 unspecified atom stereocenters. The molecule has 8 heteroatoms. The highest BCUT2D eigenvalue weighted by molar-refractivity contribution is 5.99. The van der Waals surface area contributed by atoms with Crippen LogP contribution in [-0.2, 0) is 17.7 Å². The van der Waals surface area contributed by atoms with Crippen LogP contribution in [0.15, 0.2) is 79.5 Å². The fourth-order valence-electron chi connectivity index (χ4n) is 5.38. The van der Waals surface area contributed by atoms with E-state index in [9.17, 15) is 4.79 Å². The Morgan fingerprint density at radius 1 is 1.05 bits per heavy atom. The van der Waals surface area contributed by atoms with Gasteiger partial charge in [0.05, 0.1) is 12.8 Å². The monoisotopic (exact) mass is 498 g/mol. The highest BCUT2D eigenvalue weighted by Gasteiger charge is 2.33. The van der Waals surface area contributed by atoms with Gasteiger partial charge in [-0.1, -0.05) is 36.4 Å². The van der Waals surface area contributed by atoms with E-state index in [0.717, 1.165) is 45.4 Å². The van der Waals surface area contributed by atoms with Gasteiger partial charge in [0, 0.05) is 64.1 Å². The van der Waals surface area contributed by atoms with Crippen molar-refractivity contribution < 1.29 is 9.53 Å². The van der Waals surface area contributed by atoms with Crippen LogP contribution in [0.4, 0.5) is 0 Å². The van der Waals surface area contributed by atoms with E-state index in [2.05, 4.69) is 56.4 Å². The zero-order valence-corrected chi connectivity index (χ0v) is 21.3. The fraction of sp³-hybridized carbons (Fsp3) is 0.379. The summed E-state index contributed by atoms with van der Waals surface area (Å²) in [6, 6.07) is 17.0. The van der Waals surface area contributed by atoms with Crippen LogP contribution < -0.4 is 0 Å². The summed E-state index contributed by atoms with van der Waals surface area (Å²) in [6.45, 7) is 3.79. The van der Waals surface area contributed by atoms with Gasteiger partial charge in [0.25, 0.3) is 5.91 Å². The number of benzene rings is 1. The molecule has 1 atom stereocenters. The Hall–Kier alpha value is -3.62. The summed E-state index contributed by atoms with van der Waals surface area (Å²) in [7, 11) is 1.76. The lowest BCUT2D eigenvalue weighted by Crippen LogP contribution is -2.48. The Morgan fingerprint density at radius 3 is 2.62 bits per heavy atom. The van der Waals surface area contributed by atoms with Gasteiger partial charge in [-0.2, -0.15) is 5.10 Å². The van der Waals surface area contributed by atoms with Gasteiger partial charge >= 0.3 is 0 Å². The molecule has 0 spiro atoms. The smallest absolute Gasteiger partial charge is 0.259 e. The summed E-state index contributed by atoms with van der Waals surface area (Å²) in [5.74, 6) is 0.471. The minimum Gasteiger partial charge on any atom is -0.383 e. The lowest BCUT2D eigenvalue weighted by Gasteiger charge is -2.41. The van der Waals surface area contributed by atoms with Crippen molar-refractivity contribution in [2.75, 3.05) is 33.4 Å². The molecule has 4 aromatic rings. The number of carbonyl (C=O) groups excluding carboxylic acids is 1. The molecule has 0 bridgehead atoms. The number of ether oxygens (including phenoxy) is 1. The van der Waals surface area contributed by atoms with Gasteiger partial charge in [-0.15, -0.1) is 0 Å². The van der Waals surface area contributed by atoms with Crippen molar-refractivity contribution in [1.29, 1.82) is 0 Å². The molecule has 1 fully saturated rings. The summed E-state index contributed by atoms with van der Waals surface area (Å²) in [5, 5.41) is 4.30. The molecule has 1 aromatic carbocycles. The molecule has 3 aromatic heterocycles. The van der Waals surface area contributed by atoms with Gasteiger partial charge < -0.3 is 9.64 Å². The second kappa shape index (κ2) is 12.1. The standard InChI is InChI=1S/C29H34N6O2/c1-37-18-17-34(22-24-9-5-12-30-20-24)27(19-23-7-3-2-4-8-23)25-10-15-33(16-11-25)29(36)26-21-32-35-14-6-13-31-28(26)35/h2-9,12-14,20-21,25,27H,10-11,15-19,22H2,1H3/t27-/m0/s1. The number of aromatic nitrogens is 4. The zero-order valence-electron chi connectivity index (χ0n) is 21.3.